The standard InChI is InChI=1S/C38H36ClN3O4S/c1-23(37(45)46)42-36(44)29(20-32(43)33-17-18-34(47-33)38(2,3)4)19-24-5-7-28(8-6-24)35-40-21-30(22-41-35)27-11-9-25(10-12-27)26-13-15-31(39)16-14-26/h5-18,21-23,29H,19-20H2,1-4H3,(H,42,44)(H,45,46)/t23-,29-/m1/s1. The summed E-state index contributed by atoms with van der Waals surface area (Å²) in [5, 5.41) is 12.6. The molecule has 0 spiro atoms. The molecule has 240 valence electrons. The lowest BCUT2D eigenvalue weighted by Crippen LogP contribution is -2.42. The first-order valence-electron chi connectivity index (χ1n) is 15.3. The first-order chi connectivity index (χ1) is 22.4. The van der Waals surface area contributed by atoms with Gasteiger partial charge in [-0.25, -0.2) is 9.97 Å². The summed E-state index contributed by atoms with van der Waals surface area (Å²) in [6.45, 7) is 7.66. The first kappa shape index (κ1) is 33.7. The van der Waals surface area contributed by atoms with Gasteiger partial charge in [0.1, 0.15) is 6.04 Å². The van der Waals surface area contributed by atoms with Gasteiger partial charge in [-0.15, -0.1) is 11.3 Å². The molecule has 0 bridgehead atoms. The maximum absolute atomic E-state index is 13.3. The van der Waals surface area contributed by atoms with Crippen LogP contribution in [0.1, 0.15) is 54.2 Å². The number of amides is 1. The number of hydrogen-bond acceptors (Lipinski definition) is 6. The van der Waals surface area contributed by atoms with Crippen molar-refractivity contribution in [3.63, 3.8) is 0 Å². The van der Waals surface area contributed by atoms with Crippen LogP contribution in [0.3, 0.4) is 0 Å². The highest BCUT2D eigenvalue weighted by molar-refractivity contribution is 7.14. The Morgan fingerprint density at radius 3 is 1.85 bits per heavy atom. The van der Waals surface area contributed by atoms with E-state index in [1.807, 2.05) is 66.7 Å². The van der Waals surface area contributed by atoms with Crippen molar-refractivity contribution in [3.05, 3.63) is 118 Å². The van der Waals surface area contributed by atoms with Gasteiger partial charge in [-0.2, -0.15) is 0 Å². The molecule has 7 nitrogen and oxygen atoms in total. The zero-order chi connectivity index (χ0) is 33.7. The minimum Gasteiger partial charge on any atom is -0.480 e. The summed E-state index contributed by atoms with van der Waals surface area (Å²) < 4.78 is 0. The lowest BCUT2D eigenvalue weighted by molar-refractivity contribution is -0.141. The molecule has 9 heteroatoms. The molecule has 0 saturated carbocycles. The molecule has 2 heterocycles. The van der Waals surface area contributed by atoms with E-state index in [1.54, 1.807) is 18.5 Å². The number of hydrogen-bond donors (Lipinski definition) is 2. The van der Waals surface area contributed by atoms with Gasteiger partial charge in [0.25, 0.3) is 0 Å². The predicted octanol–water partition coefficient (Wildman–Crippen LogP) is 8.51. The summed E-state index contributed by atoms with van der Waals surface area (Å²) in [6, 6.07) is 26.1. The molecule has 5 rings (SSSR count). The van der Waals surface area contributed by atoms with Crippen molar-refractivity contribution in [2.75, 3.05) is 0 Å². The van der Waals surface area contributed by atoms with E-state index in [2.05, 4.69) is 48.2 Å². The molecule has 5 aromatic rings. The number of aliphatic carboxylic acids is 1. The maximum Gasteiger partial charge on any atom is 0.325 e. The lowest BCUT2D eigenvalue weighted by atomic mass is 9.92. The Bertz CT molecular complexity index is 1860. The van der Waals surface area contributed by atoms with Crippen LogP contribution in [0, 0.1) is 5.92 Å². The van der Waals surface area contributed by atoms with Crippen molar-refractivity contribution < 1.29 is 19.5 Å². The lowest BCUT2D eigenvalue weighted by Gasteiger charge is -2.18. The number of ketones is 1. The fourth-order valence-electron chi connectivity index (χ4n) is 5.06. The molecular weight excluding hydrogens is 630 g/mol. The molecule has 2 atom stereocenters. The summed E-state index contributed by atoms with van der Waals surface area (Å²) in [4.78, 5) is 48.7. The number of carboxylic acid groups (broad SMARTS) is 1. The van der Waals surface area contributed by atoms with E-state index in [0.717, 1.165) is 38.3 Å². The monoisotopic (exact) mass is 665 g/mol. The smallest absolute Gasteiger partial charge is 0.325 e. The minimum absolute atomic E-state index is 0.0325. The summed E-state index contributed by atoms with van der Waals surface area (Å²) in [5.74, 6) is -1.92. The number of carboxylic acids is 1. The molecule has 1 amide bonds. The van der Waals surface area contributed by atoms with Crippen LogP contribution in [-0.4, -0.2) is 38.8 Å². The minimum atomic E-state index is -1.14. The number of carbonyl (C=O) groups excluding carboxylic acids is 2. The van der Waals surface area contributed by atoms with Crippen LogP contribution in [0.2, 0.25) is 5.02 Å². The molecule has 0 aliphatic carbocycles. The van der Waals surface area contributed by atoms with Gasteiger partial charge in [0.15, 0.2) is 11.6 Å². The molecule has 2 N–H and O–H groups in total. The van der Waals surface area contributed by atoms with Crippen LogP contribution >= 0.6 is 22.9 Å². The van der Waals surface area contributed by atoms with Crippen LogP contribution in [-0.2, 0) is 21.4 Å². The number of thiophene rings is 1. The number of carbonyl (C=O) groups is 3. The number of rotatable bonds is 11. The largest absolute Gasteiger partial charge is 0.480 e. The average molecular weight is 666 g/mol. The van der Waals surface area contributed by atoms with Crippen LogP contribution in [0.15, 0.2) is 97.3 Å². The van der Waals surface area contributed by atoms with E-state index in [1.165, 1.54) is 18.3 Å². The van der Waals surface area contributed by atoms with E-state index in [-0.39, 0.29) is 24.0 Å². The van der Waals surface area contributed by atoms with Crippen molar-refractivity contribution in [3.8, 4) is 33.6 Å². The number of nitrogens with one attached hydrogen (secondary N) is 1. The van der Waals surface area contributed by atoms with Crippen molar-refractivity contribution in [2.45, 2.75) is 52.0 Å². The second-order valence-electron chi connectivity index (χ2n) is 12.6. The molecule has 2 aromatic heterocycles. The Kier molecular flexibility index (Phi) is 10.3. The summed E-state index contributed by atoms with van der Waals surface area (Å²) >= 11 is 7.45. The third-order valence-electron chi connectivity index (χ3n) is 7.89. The Labute approximate surface area is 283 Å². The second-order valence-corrected chi connectivity index (χ2v) is 14.1. The fourth-order valence-corrected chi connectivity index (χ4v) is 6.20. The number of nitrogens with zero attached hydrogens (tertiary/aromatic N) is 2. The number of aromatic nitrogens is 2. The molecule has 0 saturated heterocycles. The number of Topliss-reactive ketones (excluding diaryl/α,β-unsaturated/α-hetero) is 1. The SMILES string of the molecule is C[C@@H](NC(=O)[C@@H](CC(=O)c1ccc(C(C)(C)C)s1)Cc1ccc(-c2ncc(-c3ccc(-c4ccc(Cl)cc4)cc3)cn2)cc1)C(=O)O. The van der Waals surface area contributed by atoms with Gasteiger partial charge < -0.3 is 10.4 Å². The van der Waals surface area contributed by atoms with Crippen LogP contribution in [0.4, 0.5) is 0 Å². The van der Waals surface area contributed by atoms with E-state index in [4.69, 9.17) is 11.6 Å². The quantitative estimate of drug-likeness (QED) is 0.137. The Hall–Kier alpha value is -4.66. The molecule has 0 aliphatic heterocycles. The normalized spacial score (nSPS) is 12.7. The summed E-state index contributed by atoms with van der Waals surface area (Å²) in [6.07, 6.45) is 3.82. The van der Waals surface area contributed by atoms with Crippen LogP contribution in [0.5, 0.6) is 0 Å². The van der Waals surface area contributed by atoms with Gasteiger partial charge in [-0.05, 0) is 65.3 Å². The summed E-state index contributed by atoms with van der Waals surface area (Å²) in [7, 11) is 0. The van der Waals surface area contributed by atoms with E-state index >= 15 is 0 Å². The maximum atomic E-state index is 13.3. The highest BCUT2D eigenvalue weighted by Gasteiger charge is 2.27. The molecule has 0 unspecified atom stereocenters. The van der Waals surface area contributed by atoms with E-state index in [9.17, 15) is 19.5 Å². The van der Waals surface area contributed by atoms with Gasteiger partial charge in [0.2, 0.25) is 5.91 Å². The van der Waals surface area contributed by atoms with Crippen molar-refractivity contribution in [2.24, 2.45) is 5.92 Å². The Morgan fingerprint density at radius 2 is 1.32 bits per heavy atom. The second kappa shape index (κ2) is 14.4. The molecule has 0 fully saturated rings. The topological polar surface area (TPSA) is 109 Å². The molecule has 3 aromatic carbocycles. The zero-order valence-electron chi connectivity index (χ0n) is 26.7. The van der Waals surface area contributed by atoms with Crippen LogP contribution < -0.4 is 5.32 Å². The highest BCUT2D eigenvalue weighted by Crippen LogP contribution is 2.31. The predicted molar refractivity (Wildman–Crippen MR) is 188 cm³/mol. The van der Waals surface area contributed by atoms with Crippen LogP contribution in [0.25, 0.3) is 33.6 Å². The Balaban J connectivity index is 1.28. The van der Waals surface area contributed by atoms with E-state index < -0.39 is 23.8 Å². The van der Waals surface area contributed by atoms with Gasteiger partial charge in [0.05, 0.1) is 4.88 Å². The fraction of sp³-hybridized carbons (Fsp3) is 0.237. The molecule has 47 heavy (non-hydrogen) atoms. The van der Waals surface area contributed by atoms with Gasteiger partial charge in [-0.1, -0.05) is 93.0 Å². The van der Waals surface area contributed by atoms with Gasteiger partial charge >= 0.3 is 5.97 Å². The van der Waals surface area contributed by atoms with Gasteiger partial charge in [0, 0.05) is 45.8 Å². The van der Waals surface area contributed by atoms with Crippen molar-refractivity contribution in [1.82, 2.24) is 15.3 Å². The molecule has 0 aliphatic rings. The number of benzene rings is 3. The van der Waals surface area contributed by atoms with Crippen molar-refractivity contribution in [1.29, 1.82) is 0 Å². The number of halogens is 1. The average Bonchev–Trinajstić information content (AvgIpc) is 3.57. The third-order valence-corrected chi connectivity index (χ3v) is 9.70. The highest BCUT2D eigenvalue weighted by atomic mass is 35.5. The molecular formula is C38H36ClN3O4S. The third kappa shape index (κ3) is 8.58. The van der Waals surface area contributed by atoms with Crippen molar-refractivity contribution >= 4 is 40.6 Å². The zero-order valence-corrected chi connectivity index (χ0v) is 28.2. The van der Waals surface area contributed by atoms with E-state index in [0.29, 0.717) is 15.7 Å². The Morgan fingerprint density at radius 1 is 0.787 bits per heavy atom. The summed E-state index contributed by atoms with van der Waals surface area (Å²) in [5.41, 5.74) is 5.62. The first-order valence-corrected chi connectivity index (χ1v) is 16.5. The molecule has 0 radical (unpaired) electrons. The van der Waals surface area contributed by atoms with Gasteiger partial charge in [-0.3, -0.25) is 14.4 Å².